The molecule has 0 aliphatic heterocycles. The quantitative estimate of drug-likeness (QED) is 0.166. The van der Waals surface area contributed by atoms with Gasteiger partial charge in [0.2, 0.25) is 5.89 Å². The monoisotopic (exact) mass is 664 g/mol. The first-order valence-corrected chi connectivity index (χ1v) is 17.6. The number of oxazole rings is 1. The van der Waals surface area contributed by atoms with Gasteiger partial charge in [0, 0.05) is 28.0 Å². The molecule has 0 amide bonds. The molecule has 0 unspecified atom stereocenters. The summed E-state index contributed by atoms with van der Waals surface area (Å²) < 4.78 is 6.29. The van der Waals surface area contributed by atoms with Crippen molar-refractivity contribution in [1.82, 2.24) is 4.98 Å². The molecule has 3 nitrogen and oxygen atoms in total. The van der Waals surface area contributed by atoms with Crippen molar-refractivity contribution >= 4 is 60.5 Å². The van der Waals surface area contributed by atoms with Crippen molar-refractivity contribution in [3.05, 3.63) is 194 Å². The van der Waals surface area contributed by atoms with Crippen LogP contribution in [0.25, 0.3) is 77.1 Å². The minimum atomic E-state index is 0.640. The number of nitrogens with zero attached hydrogens (tertiary/aromatic N) is 2. The van der Waals surface area contributed by atoms with Gasteiger partial charge in [0.05, 0.1) is 0 Å². The summed E-state index contributed by atoms with van der Waals surface area (Å²) >= 11 is 0. The third-order valence-electron chi connectivity index (χ3n) is 10.1. The largest absolute Gasteiger partial charge is 0.436 e. The van der Waals surface area contributed by atoms with Gasteiger partial charge in [-0.3, -0.25) is 0 Å². The van der Waals surface area contributed by atoms with Crippen LogP contribution in [0.2, 0.25) is 0 Å². The molecule has 10 rings (SSSR count). The first-order chi connectivity index (χ1) is 25.8. The standard InChI is InChI=1S/C49H32N2O/c1-4-10-33(11-5-1)34-20-26-42(27-21-34)51(41-14-8-3-9-15-41)43-28-22-35(23-29-43)39-24-30-44-40(32-39)19-18-36-16-17-37-25-31-45-48(47(37)46(36)44)50-49(52-45)38-12-6-2-7-13-38/h1-32H. The van der Waals surface area contributed by atoms with Gasteiger partial charge < -0.3 is 9.32 Å². The number of aromatic nitrogens is 1. The number of rotatable bonds is 6. The molecule has 244 valence electrons. The van der Waals surface area contributed by atoms with Crippen molar-refractivity contribution in [3.63, 3.8) is 0 Å². The van der Waals surface area contributed by atoms with E-state index in [-0.39, 0.29) is 0 Å². The van der Waals surface area contributed by atoms with Crippen LogP contribution in [0, 0.1) is 0 Å². The van der Waals surface area contributed by atoms with E-state index in [1.165, 1.54) is 43.8 Å². The lowest BCUT2D eigenvalue weighted by Gasteiger charge is -2.26. The fourth-order valence-electron chi connectivity index (χ4n) is 7.50. The molecule has 0 spiro atoms. The van der Waals surface area contributed by atoms with Crippen molar-refractivity contribution in [1.29, 1.82) is 0 Å². The Bertz CT molecular complexity index is 2860. The SMILES string of the molecule is c1ccc(-c2ccc(N(c3ccccc3)c3ccc(-c4ccc5c(ccc6ccc7ccc8oc(-c9ccccc9)nc8c7c65)c4)cc3)cc2)cc1. The molecule has 3 heteroatoms. The summed E-state index contributed by atoms with van der Waals surface area (Å²) in [4.78, 5) is 7.36. The smallest absolute Gasteiger partial charge is 0.227 e. The molecule has 0 radical (unpaired) electrons. The Morgan fingerprint density at radius 1 is 0.365 bits per heavy atom. The van der Waals surface area contributed by atoms with Gasteiger partial charge in [-0.05, 0) is 110 Å². The highest BCUT2D eigenvalue weighted by Crippen LogP contribution is 2.40. The molecule has 0 bridgehead atoms. The number of fused-ring (bicyclic) bond motifs is 7. The molecular formula is C49H32N2O. The van der Waals surface area contributed by atoms with Crippen LogP contribution in [0.3, 0.4) is 0 Å². The third kappa shape index (κ3) is 5.19. The van der Waals surface area contributed by atoms with Crippen molar-refractivity contribution in [2.45, 2.75) is 0 Å². The van der Waals surface area contributed by atoms with Gasteiger partial charge in [-0.15, -0.1) is 0 Å². The topological polar surface area (TPSA) is 29.3 Å². The summed E-state index contributed by atoms with van der Waals surface area (Å²) in [6, 6.07) is 68.7. The van der Waals surface area contributed by atoms with Crippen LogP contribution in [-0.2, 0) is 0 Å². The second-order valence-electron chi connectivity index (χ2n) is 13.2. The van der Waals surface area contributed by atoms with Gasteiger partial charge in [-0.2, -0.15) is 0 Å². The van der Waals surface area contributed by atoms with Gasteiger partial charge in [-0.25, -0.2) is 4.98 Å². The van der Waals surface area contributed by atoms with Gasteiger partial charge >= 0.3 is 0 Å². The highest BCUT2D eigenvalue weighted by atomic mass is 16.3. The molecule has 0 atom stereocenters. The zero-order valence-electron chi connectivity index (χ0n) is 28.3. The van der Waals surface area contributed by atoms with Crippen LogP contribution in [-0.4, -0.2) is 4.98 Å². The highest BCUT2D eigenvalue weighted by Gasteiger charge is 2.16. The second-order valence-corrected chi connectivity index (χ2v) is 13.2. The fourth-order valence-corrected chi connectivity index (χ4v) is 7.50. The normalized spacial score (nSPS) is 11.5. The Morgan fingerprint density at radius 2 is 0.846 bits per heavy atom. The molecule has 10 aromatic rings. The van der Waals surface area contributed by atoms with E-state index in [1.54, 1.807) is 0 Å². The summed E-state index contributed by atoms with van der Waals surface area (Å²) in [7, 11) is 0. The lowest BCUT2D eigenvalue weighted by atomic mass is 9.93. The molecular weight excluding hydrogens is 633 g/mol. The average molecular weight is 665 g/mol. The Hall–Kier alpha value is -6.97. The van der Waals surface area contributed by atoms with E-state index >= 15 is 0 Å². The second kappa shape index (κ2) is 12.4. The number of benzene rings is 9. The van der Waals surface area contributed by atoms with E-state index in [2.05, 4.69) is 163 Å². The maximum atomic E-state index is 6.29. The zero-order valence-corrected chi connectivity index (χ0v) is 28.3. The number of para-hydroxylation sites is 1. The fraction of sp³-hybridized carbons (Fsp3) is 0. The van der Waals surface area contributed by atoms with Crippen LogP contribution in [0.4, 0.5) is 17.1 Å². The number of anilines is 3. The van der Waals surface area contributed by atoms with Crippen LogP contribution < -0.4 is 4.90 Å². The van der Waals surface area contributed by atoms with Crippen LogP contribution in [0.1, 0.15) is 0 Å². The Kier molecular flexibility index (Phi) is 7.14. The predicted molar refractivity (Wildman–Crippen MR) is 218 cm³/mol. The number of hydrogen-bond acceptors (Lipinski definition) is 3. The van der Waals surface area contributed by atoms with Gasteiger partial charge in [-0.1, -0.05) is 133 Å². The zero-order chi connectivity index (χ0) is 34.4. The van der Waals surface area contributed by atoms with E-state index in [1.807, 2.05) is 36.4 Å². The first-order valence-electron chi connectivity index (χ1n) is 17.6. The third-order valence-corrected chi connectivity index (χ3v) is 10.1. The van der Waals surface area contributed by atoms with Crippen molar-refractivity contribution in [2.24, 2.45) is 0 Å². The van der Waals surface area contributed by atoms with Gasteiger partial charge in [0.15, 0.2) is 5.58 Å². The average Bonchev–Trinajstić information content (AvgIpc) is 3.67. The van der Waals surface area contributed by atoms with Crippen LogP contribution in [0.15, 0.2) is 199 Å². The maximum Gasteiger partial charge on any atom is 0.227 e. The molecule has 1 aromatic heterocycles. The summed E-state index contributed by atoms with van der Waals surface area (Å²) in [5.74, 6) is 0.640. The van der Waals surface area contributed by atoms with Crippen molar-refractivity contribution < 1.29 is 4.42 Å². The lowest BCUT2D eigenvalue weighted by Crippen LogP contribution is -2.09. The first kappa shape index (κ1) is 29.9. The van der Waals surface area contributed by atoms with E-state index < -0.39 is 0 Å². The van der Waals surface area contributed by atoms with E-state index in [4.69, 9.17) is 9.40 Å². The lowest BCUT2D eigenvalue weighted by molar-refractivity contribution is 0.620. The molecule has 0 saturated carbocycles. The molecule has 0 saturated heterocycles. The van der Waals surface area contributed by atoms with Crippen molar-refractivity contribution in [3.8, 4) is 33.7 Å². The molecule has 0 N–H and O–H groups in total. The Balaban J connectivity index is 1.04. The maximum absolute atomic E-state index is 6.29. The summed E-state index contributed by atoms with van der Waals surface area (Å²) in [5.41, 5.74) is 10.8. The minimum Gasteiger partial charge on any atom is -0.436 e. The van der Waals surface area contributed by atoms with Crippen LogP contribution >= 0.6 is 0 Å². The van der Waals surface area contributed by atoms with E-state index in [0.29, 0.717) is 5.89 Å². The Morgan fingerprint density at radius 3 is 1.50 bits per heavy atom. The minimum absolute atomic E-state index is 0.640. The predicted octanol–water partition coefficient (Wildman–Crippen LogP) is 13.8. The molecule has 0 aliphatic rings. The van der Waals surface area contributed by atoms with Gasteiger partial charge in [0.1, 0.15) is 5.52 Å². The van der Waals surface area contributed by atoms with Crippen LogP contribution in [0.5, 0.6) is 0 Å². The van der Waals surface area contributed by atoms with E-state index in [9.17, 15) is 0 Å². The molecule has 0 aliphatic carbocycles. The molecule has 9 aromatic carbocycles. The molecule has 0 fully saturated rings. The van der Waals surface area contributed by atoms with Crippen molar-refractivity contribution in [2.75, 3.05) is 4.90 Å². The van der Waals surface area contributed by atoms with E-state index in [0.717, 1.165) is 44.5 Å². The highest BCUT2D eigenvalue weighted by molar-refractivity contribution is 6.26. The summed E-state index contributed by atoms with van der Waals surface area (Å²) in [6.45, 7) is 0. The van der Waals surface area contributed by atoms with Gasteiger partial charge in [0.25, 0.3) is 0 Å². The summed E-state index contributed by atoms with van der Waals surface area (Å²) in [5, 5.41) is 7.06. The Labute approximate surface area is 301 Å². The number of hydrogen-bond donors (Lipinski definition) is 0. The molecule has 52 heavy (non-hydrogen) atoms. The molecule has 1 heterocycles. The summed E-state index contributed by atoms with van der Waals surface area (Å²) in [6.07, 6.45) is 0.